The highest BCUT2D eigenvalue weighted by atomic mass is 19.1. The first-order valence-corrected chi connectivity index (χ1v) is 6.75. The fourth-order valence-corrected chi connectivity index (χ4v) is 2.04. The van der Waals surface area contributed by atoms with Crippen LogP contribution in [0.1, 0.15) is 43.5 Å². The van der Waals surface area contributed by atoms with Crippen molar-refractivity contribution in [1.82, 2.24) is 0 Å². The Hall–Kier alpha value is -2.11. The number of hydrogen-bond acceptors (Lipinski definition) is 4. The molecule has 0 aromatic heterocycles. The molecule has 0 bridgehead atoms. The van der Waals surface area contributed by atoms with Gasteiger partial charge in [0, 0.05) is 6.08 Å². The number of unbranched alkanes of at least 4 members (excludes halogenated alkanes) is 1. The smallest absolute Gasteiger partial charge is 0.235 e. The molecule has 21 heavy (non-hydrogen) atoms. The maximum atomic E-state index is 14.4. The van der Waals surface area contributed by atoms with Crippen molar-refractivity contribution in [1.29, 1.82) is 0 Å². The SMILES string of the molecule is CCCCC(F)c1c(OC)cc(/C=C/[N+](=O)[O-])cc1OC. The van der Waals surface area contributed by atoms with Crippen molar-refractivity contribution in [3.8, 4) is 11.5 Å². The van der Waals surface area contributed by atoms with Crippen LogP contribution in [0.4, 0.5) is 4.39 Å². The van der Waals surface area contributed by atoms with Crippen LogP contribution in [0.5, 0.6) is 11.5 Å². The number of nitro groups is 1. The van der Waals surface area contributed by atoms with E-state index >= 15 is 0 Å². The van der Waals surface area contributed by atoms with Gasteiger partial charge in [0.15, 0.2) is 0 Å². The van der Waals surface area contributed by atoms with Crippen LogP contribution in [0, 0.1) is 10.1 Å². The van der Waals surface area contributed by atoms with Gasteiger partial charge in [0.25, 0.3) is 0 Å². The number of nitrogens with zero attached hydrogens (tertiary/aromatic N) is 1. The number of methoxy groups -OCH3 is 2. The van der Waals surface area contributed by atoms with Crippen molar-refractivity contribution in [3.63, 3.8) is 0 Å². The Labute approximate surface area is 123 Å². The standard InChI is InChI=1S/C15H20FNO4/c1-4-5-6-12(16)15-13(20-2)9-11(7-8-17(18)19)10-14(15)21-3/h7-10,12H,4-6H2,1-3H3/b8-7+. The summed E-state index contributed by atoms with van der Waals surface area (Å²) >= 11 is 0. The Morgan fingerprint density at radius 1 is 1.33 bits per heavy atom. The predicted octanol–water partition coefficient (Wildman–Crippen LogP) is 4.15. The average Bonchev–Trinajstić information content (AvgIpc) is 2.49. The van der Waals surface area contributed by atoms with E-state index in [9.17, 15) is 14.5 Å². The molecule has 0 aliphatic heterocycles. The molecule has 1 rings (SSSR count). The summed E-state index contributed by atoms with van der Waals surface area (Å²) in [4.78, 5) is 9.81. The van der Waals surface area contributed by atoms with E-state index in [1.807, 2.05) is 6.92 Å². The van der Waals surface area contributed by atoms with E-state index in [0.29, 0.717) is 29.0 Å². The highest BCUT2D eigenvalue weighted by Crippen LogP contribution is 2.39. The number of alkyl halides is 1. The summed E-state index contributed by atoms with van der Waals surface area (Å²) in [6.45, 7) is 1.99. The molecule has 0 amide bonds. The lowest BCUT2D eigenvalue weighted by Gasteiger charge is -2.17. The zero-order chi connectivity index (χ0) is 15.8. The summed E-state index contributed by atoms with van der Waals surface area (Å²) in [7, 11) is 2.87. The second-order valence-corrected chi connectivity index (χ2v) is 4.55. The highest BCUT2D eigenvalue weighted by Gasteiger charge is 2.21. The van der Waals surface area contributed by atoms with E-state index < -0.39 is 11.1 Å². The lowest BCUT2D eigenvalue weighted by molar-refractivity contribution is -0.400. The Morgan fingerprint density at radius 2 is 1.90 bits per heavy atom. The maximum absolute atomic E-state index is 14.4. The van der Waals surface area contributed by atoms with Gasteiger partial charge in [-0.3, -0.25) is 10.1 Å². The van der Waals surface area contributed by atoms with Crippen molar-refractivity contribution in [2.45, 2.75) is 32.4 Å². The summed E-state index contributed by atoms with van der Waals surface area (Å²) in [5.74, 6) is 0.668. The number of halogens is 1. The Morgan fingerprint density at radius 3 is 2.33 bits per heavy atom. The third kappa shape index (κ3) is 4.73. The zero-order valence-corrected chi connectivity index (χ0v) is 12.5. The van der Waals surface area contributed by atoms with Crippen molar-refractivity contribution in [2.75, 3.05) is 14.2 Å². The second-order valence-electron chi connectivity index (χ2n) is 4.55. The van der Waals surface area contributed by atoms with Crippen LogP contribution >= 0.6 is 0 Å². The number of ether oxygens (including phenoxy) is 2. The molecule has 5 nitrogen and oxygen atoms in total. The maximum Gasteiger partial charge on any atom is 0.235 e. The van der Waals surface area contributed by atoms with E-state index in [0.717, 1.165) is 19.0 Å². The molecule has 0 radical (unpaired) electrons. The van der Waals surface area contributed by atoms with Gasteiger partial charge in [0.1, 0.15) is 17.7 Å². The number of hydrogen-bond donors (Lipinski definition) is 0. The third-order valence-corrected chi connectivity index (χ3v) is 3.08. The quantitative estimate of drug-likeness (QED) is 0.534. The molecular formula is C15H20FNO4. The van der Waals surface area contributed by atoms with Crippen LogP contribution in [0.2, 0.25) is 0 Å². The van der Waals surface area contributed by atoms with Gasteiger partial charge in [0.05, 0.1) is 24.7 Å². The molecule has 1 aromatic rings. The van der Waals surface area contributed by atoms with E-state index in [-0.39, 0.29) is 0 Å². The molecule has 0 aliphatic carbocycles. The predicted molar refractivity (Wildman–Crippen MR) is 78.9 cm³/mol. The van der Waals surface area contributed by atoms with E-state index in [2.05, 4.69) is 0 Å². The highest BCUT2D eigenvalue weighted by molar-refractivity contribution is 5.59. The van der Waals surface area contributed by atoms with Gasteiger partial charge >= 0.3 is 0 Å². The largest absolute Gasteiger partial charge is 0.496 e. The Balaban J connectivity index is 3.20. The molecule has 0 saturated heterocycles. The third-order valence-electron chi connectivity index (χ3n) is 3.08. The molecule has 116 valence electrons. The first-order valence-electron chi connectivity index (χ1n) is 6.75. The summed E-state index contributed by atoms with van der Waals surface area (Å²) in [5.41, 5.74) is 0.874. The minimum atomic E-state index is -1.19. The molecular weight excluding hydrogens is 277 g/mol. The minimum absolute atomic E-state index is 0.334. The van der Waals surface area contributed by atoms with E-state index in [1.54, 1.807) is 12.1 Å². The molecule has 1 aromatic carbocycles. The van der Waals surface area contributed by atoms with Crippen LogP contribution in [-0.2, 0) is 0 Å². The van der Waals surface area contributed by atoms with Crippen LogP contribution in [0.3, 0.4) is 0 Å². The molecule has 0 N–H and O–H groups in total. The van der Waals surface area contributed by atoms with Crippen LogP contribution in [0.25, 0.3) is 6.08 Å². The van der Waals surface area contributed by atoms with Gasteiger partial charge in [-0.05, 0) is 24.1 Å². The van der Waals surface area contributed by atoms with Crippen molar-refractivity contribution in [2.24, 2.45) is 0 Å². The summed E-state index contributed by atoms with van der Waals surface area (Å²) in [6, 6.07) is 3.13. The van der Waals surface area contributed by atoms with E-state index in [1.165, 1.54) is 20.3 Å². The Bertz CT molecular complexity index is 491. The number of rotatable bonds is 8. The van der Waals surface area contributed by atoms with Gasteiger partial charge in [-0.2, -0.15) is 0 Å². The van der Waals surface area contributed by atoms with Crippen LogP contribution in [-0.4, -0.2) is 19.1 Å². The second kappa shape index (κ2) is 8.24. The van der Waals surface area contributed by atoms with E-state index in [4.69, 9.17) is 9.47 Å². The molecule has 1 atom stereocenters. The van der Waals surface area contributed by atoms with Crippen molar-refractivity contribution in [3.05, 3.63) is 39.6 Å². The zero-order valence-electron chi connectivity index (χ0n) is 12.5. The van der Waals surface area contributed by atoms with Crippen LogP contribution < -0.4 is 9.47 Å². The van der Waals surface area contributed by atoms with Gasteiger partial charge < -0.3 is 9.47 Å². The normalized spacial score (nSPS) is 12.4. The lowest BCUT2D eigenvalue weighted by atomic mass is 10.0. The lowest BCUT2D eigenvalue weighted by Crippen LogP contribution is -2.01. The molecule has 0 saturated carbocycles. The minimum Gasteiger partial charge on any atom is -0.496 e. The monoisotopic (exact) mass is 297 g/mol. The Kier molecular flexibility index (Phi) is 6.65. The molecule has 0 fully saturated rings. The average molecular weight is 297 g/mol. The molecule has 0 heterocycles. The van der Waals surface area contributed by atoms with Crippen molar-refractivity contribution < 1.29 is 18.8 Å². The molecule has 0 aliphatic rings. The fourth-order valence-electron chi connectivity index (χ4n) is 2.04. The van der Waals surface area contributed by atoms with Gasteiger partial charge in [0.2, 0.25) is 6.20 Å². The summed E-state index contributed by atoms with van der Waals surface area (Å²) < 4.78 is 24.8. The van der Waals surface area contributed by atoms with Gasteiger partial charge in [-0.15, -0.1) is 0 Å². The van der Waals surface area contributed by atoms with Crippen molar-refractivity contribution >= 4 is 6.08 Å². The van der Waals surface area contributed by atoms with Crippen LogP contribution in [0.15, 0.2) is 18.3 Å². The fraction of sp³-hybridized carbons (Fsp3) is 0.467. The molecule has 0 spiro atoms. The first-order chi connectivity index (χ1) is 10.0. The summed E-state index contributed by atoms with van der Waals surface area (Å²) in [5, 5.41) is 10.4. The van der Waals surface area contributed by atoms with Gasteiger partial charge in [-0.25, -0.2) is 4.39 Å². The van der Waals surface area contributed by atoms with Gasteiger partial charge in [-0.1, -0.05) is 19.8 Å². The summed E-state index contributed by atoms with van der Waals surface area (Å²) in [6.07, 6.45) is 2.98. The molecule has 6 heteroatoms. The first kappa shape index (κ1) is 16.9. The topological polar surface area (TPSA) is 61.6 Å². The molecule has 1 unspecified atom stereocenters. The number of benzene rings is 1.